The van der Waals surface area contributed by atoms with Gasteiger partial charge in [0.25, 0.3) is 0 Å². The third kappa shape index (κ3) is 5.84. The van der Waals surface area contributed by atoms with Crippen LogP contribution in [0.3, 0.4) is 0 Å². The van der Waals surface area contributed by atoms with Crippen LogP contribution in [0.25, 0.3) is 6.08 Å². The first-order chi connectivity index (χ1) is 14.2. The van der Waals surface area contributed by atoms with Crippen molar-refractivity contribution < 1.29 is 18.0 Å². The number of nitrogens with one attached hydrogen (secondary N) is 2. The van der Waals surface area contributed by atoms with Gasteiger partial charge in [0.2, 0.25) is 21.8 Å². The van der Waals surface area contributed by atoms with Gasteiger partial charge in [-0.25, -0.2) is 8.42 Å². The number of carbonyl (C=O) groups is 2. The van der Waals surface area contributed by atoms with Gasteiger partial charge >= 0.3 is 0 Å². The fourth-order valence-corrected chi connectivity index (χ4v) is 3.81. The molecule has 4 N–H and O–H groups in total. The molecule has 0 atom stereocenters. The molecule has 1 saturated heterocycles. The Labute approximate surface area is 175 Å². The van der Waals surface area contributed by atoms with Crippen LogP contribution in [0.2, 0.25) is 0 Å². The molecule has 2 amide bonds. The van der Waals surface area contributed by atoms with Crippen molar-refractivity contribution in [2.24, 2.45) is 5.73 Å². The lowest BCUT2D eigenvalue weighted by molar-refractivity contribution is -0.111. The number of nitrogens with two attached hydrogens (primary N) is 1. The second-order valence-corrected chi connectivity index (χ2v) is 8.86. The topological polar surface area (TPSA) is 122 Å². The molecule has 8 nitrogen and oxygen atoms in total. The van der Waals surface area contributed by atoms with Crippen molar-refractivity contribution in [1.29, 1.82) is 0 Å². The summed E-state index contributed by atoms with van der Waals surface area (Å²) in [6, 6.07) is 11.7. The Balaban J connectivity index is 1.73. The van der Waals surface area contributed by atoms with E-state index in [-0.39, 0.29) is 5.91 Å². The standard InChI is InChI=1S/C21H24N4O4S/c1-30(28,29)24-17-8-4-15(5-9-17)6-11-20(26)23-18-14-16(21(22)27)7-10-19(18)25-12-2-3-13-25/h4-11,14,24H,2-3,12-13H2,1H3,(H2,22,27)(H,23,26)/b11-6+. The molecule has 30 heavy (non-hydrogen) atoms. The fourth-order valence-electron chi connectivity index (χ4n) is 3.25. The molecule has 0 aromatic heterocycles. The Kier molecular flexibility index (Phi) is 6.41. The van der Waals surface area contributed by atoms with Gasteiger partial charge in [-0.1, -0.05) is 12.1 Å². The highest BCUT2D eigenvalue weighted by molar-refractivity contribution is 7.92. The Bertz CT molecular complexity index is 1070. The number of carbonyl (C=O) groups excluding carboxylic acids is 2. The molecule has 2 aromatic carbocycles. The second-order valence-electron chi connectivity index (χ2n) is 7.11. The van der Waals surface area contributed by atoms with E-state index in [1.165, 1.54) is 6.08 Å². The lowest BCUT2D eigenvalue weighted by Gasteiger charge is -2.21. The lowest BCUT2D eigenvalue weighted by Crippen LogP contribution is -2.21. The van der Waals surface area contributed by atoms with Gasteiger partial charge in [0.05, 0.1) is 17.6 Å². The number of nitrogens with zero attached hydrogens (tertiary/aromatic N) is 1. The maximum absolute atomic E-state index is 12.5. The van der Waals surface area contributed by atoms with Crippen LogP contribution < -0.4 is 20.7 Å². The molecule has 3 rings (SSSR count). The Morgan fingerprint density at radius 2 is 1.73 bits per heavy atom. The van der Waals surface area contributed by atoms with Crippen molar-refractivity contribution in [3.63, 3.8) is 0 Å². The largest absolute Gasteiger partial charge is 0.370 e. The van der Waals surface area contributed by atoms with Gasteiger partial charge in [0.15, 0.2) is 0 Å². The number of benzene rings is 2. The third-order valence-corrected chi connectivity index (χ3v) is 5.23. The van der Waals surface area contributed by atoms with E-state index < -0.39 is 15.9 Å². The lowest BCUT2D eigenvalue weighted by atomic mass is 10.1. The van der Waals surface area contributed by atoms with Crippen molar-refractivity contribution in [3.8, 4) is 0 Å². The van der Waals surface area contributed by atoms with E-state index in [0.717, 1.165) is 43.4 Å². The summed E-state index contributed by atoms with van der Waals surface area (Å²) in [7, 11) is -3.34. The number of anilines is 3. The molecule has 0 aliphatic carbocycles. The van der Waals surface area contributed by atoms with Crippen LogP contribution in [-0.4, -0.2) is 39.6 Å². The minimum absolute atomic E-state index is 0.325. The van der Waals surface area contributed by atoms with Gasteiger partial charge in [-0.2, -0.15) is 0 Å². The minimum Gasteiger partial charge on any atom is -0.370 e. The first kappa shape index (κ1) is 21.4. The number of hydrogen-bond donors (Lipinski definition) is 3. The van der Waals surface area contributed by atoms with Gasteiger partial charge in [-0.05, 0) is 54.8 Å². The summed E-state index contributed by atoms with van der Waals surface area (Å²) in [5.74, 6) is -0.910. The van der Waals surface area contributed by atoms with Crippen LogP contribution in [0.5, 0.6) is 0 Å². The van der Waals surface area contributed by atoms with E-state index >= 15 is 0 Å². The molecule has 158 valence electrons. The van der Waals surface area contributed by atoms with Gasteiger partial charge in [0.1, 0.15) is 0 Å². The molecule has 0 saturated carbocycles. The molecule has 1 fully saturated rings. The SMILES string of the molecule is CS(=O)(=O)Nc1ccc(/C=C/C(=O)Nc2cc(C(N)=O)ccc2N2CCCC2)cc1. The molecule has 1 heterocycles. The van der Waals surface area contributed by atoms with E-state index in [2.05, 4.69) is 14.9 Å². The summed E-state index contributed by atoms with van der Waals surface area (Å²) in [4.78, 5) is 26.2. The first-order valence-corrected chi connectivity index (χ1v) is 11.4. The number of sulfonamides is 1. The highest BCUT2D eigenvalue weighted by Gasteiger charge is 2.18. The van der Waals surface area contributed by atoms with E-state index in [1.54, 1.807) is 48.5 Å². The predicted molar refractivity (Wildman–Crippen MR) is 119 cm³/mol. The van der Waals surface area contributed by atoms with E-state index in [1.807, 2.05) is 0 Å². The average molecular weight is 429 g/mol. The van der Waals surface area contributed by atoms with Gasteiger partial charge in [0, 0.05) is 30.4 Å². The molecule has 1 aliphatic heterocycles. The van der Waals surface area contributed by atoms with E-state index in [4.69, 9.17) is 5.73 Å². The number of rotatable bonds is 7. The van der Waals surface area contributed by atoms with Crippen LogP contribution in [-0.2, 0) is 14.8 Å². The van der Waals surface area contributed by atoms with Gasteiger partial charge in [-0.3, -0.25) is 14.3 Å². The van der Waals surface area contributed by atoms with Crippen molar-refractivity contribution in [2.75, 3.05) is 34.3 Å². The molecule has 2 aromatic rings. The molecular formula is C21H24N4O4S. The molecule has 0 bridgehead atoms. The zero-order valence-electron chi connectivity index (χ0n) is 16.6. The molecular weight excluding hydrogens is 404 g/mol. The smallest absolute Gasteiger partial charge is 0.248 e. The van der Waals surface area contributed by atoms with Crippen LogP contribution >= 0.6 is 0 Å². The highest BCUT2D eigenvalue weighted by atomic mass is 32.2. The van der Waals surface area contributed by atoms with Crippen molar-refractivity contribution in [2.45, 2.75) is 12.8 Å². The molecule has 0 spiro atoms. The Morgan fingerprint density at radius 3 is 2.33 bits per heavy atom. The average Bonchev–Trinajstić information content (AvgIpc) is 3.20. The fraction of sp³-hybridized carbons (Fsp3) is 0.238. The molecule has 9 heteroatoms. The maximum atomic E-state index is 12.5. The zero-order valence-corrected chi connectivity index (χ0v) is 17.4. The van der Waals surface area contributed by atoms with Crippen LogP contribution in [0.15, 0.2) is 48.5 Å². The van der Waals surface area contributed by atoms with E-state index in [9.17, 15) is 18.0 Å². The summed E-state index contributed by atoms with van der Waals surface area (Å²) in [6.45, 7) is 1.78. The van der Waals surface area contributed by atoms with Crippen molar-refractivity contribution in [3.05, 3.63) is 59.7 Å². The van der Waals surface area contributed by atoms with Crippen LogP contribution in [0, 0.1) is 0 Å². The van der Waals surface area contributed by atoms with Gasteiger partial charge in [-0.15, -0.1) is 0 Å². The van der Waals surface area contributed by atoms with Crippen molar-refractivity contribution >= 4 is 45.0 Å². The third-order valence-electron chi connectivity index (χ3n) is 4.63. The van der Waals surface area contributed by atoms with Gasteiger partial charge < -0.3 is 16.0 Å². The molecule has 0 unspecified atom stereocenters. The predicted octanol–water partition coefficient (Wildman–Crippen LogP) is 2.41. The number of hydrogen-bond acceptors (Lipinski definition) is 5. The van der Waals surface area contributed by atoms with E-state index in [0.29, 0.717) is 16.9 Å². The monoisotopic (exact) mass is 428 g/mol. The number of amides is 2. The highest BCUT2D eigenvalue weighted by Crippen LogP contribution is 2.30. The van der Waals surface area contributed by atoms with Crippen molar-refractivity contribution in [1.82, 2.24) is 0 Å². The molecule has 0 radical (unpaired) electrons. The first-order valence-electron chi connectivity index (χ1n) is 9.47. The second kappa shape index (κ2) is 9.00. The van der Waals surface area contributed by atoms with Crippen LogP contribution in [0.1, 0.15) is 28.8 Å². The Morgan fingerprint density at radius 1 is 1.07 bits per heavy atom. The zero-order chi connectivity index (χ0) is 21.7. The summed E-state index contributed by atoms with van der Waals surface area (Å²) in [5.41, 5.74) is 8.27. The summed E-state index contributed by atoms with van der Waals surface area (Å²) >= 11 is 0. The maximum Gasteiger partial charge on any atom is 0.248 e. The summed E-state index contributed by atoms with van der Waals surface area (Å²) < 4.78 is 24.9. The quantitative estimate of drug-likeness (QED) is 0.585. The summed E-state index contributed by atoms with van der Waals surface area (Å²) in [5, 5.41) is 2.83. The summed E-state index contributed by atoms with van der Waals surface area (Å²) in [6.07, 6.45) is 6.23. The molecule has 1 aliphatic rings. The van der Waals surface area contributed by atoms with Crippen LogP contribution in [0.4, 0.5) is 17.1 Å². The number of primary amides is 1. The minimum atomic E-state index is -3.34. The Hall–Kier alpha value is -3.33. The normalized spacial score (nSPS) is 14.1.